The molecule has 3 heterocycles. The summed E-state index contributed by atoms with van der Waals surface area (Å²) in [5.74, 6) is 0.0654. The lowest BCUT2D eigenvalue weighted by Gasteiger charge is -2.35. The second-order valence-electron chi connectivity index (χ2n) is 6.90. The Morgan fingerprint density at radius 2 is 1.90 bits per heavy atom. The van der Waals surface area contributed by atoms with Crippen molar-refractivity contribution in [2.45, 2.75) is 33.1 Å². The number of aromatic nitrogens is 2. The summed E-state index contributed by atoms with van der Waals surface area (Å²) in [5.41, 5.74) is 0. The number of carboxylic acid groups (broad SMARTS) is 1. The van der Waals surface area contributed by atoms with E-state index < -0.39 is 12.0 Å². The Balaban J connectivity index is 1.80. The molecule has 0 spiro atoms. The number of nitrogens with zero attached hydrogens (tertiary/aromatic N) is 4. The number of hydrogen-bond donors (Lipinski definition) is 3. The molecule has 0 radical (unpaired) electrons. The van der Waals surface area contributed by atoms with E-state index >= 15 is 0 Å². The summed E-state index contributed by atoms with van der Waals surface area (Å²) in [6.45, 7) is 6.51. The third-order valence-corrected chi connectivity index (χ3v) is 6.03. The number of carbonyl (C=O) groups excluding carboxylic acids is 2. The minimum Gasteiger partial charge on any atom is -0.481 e. The van der Waals surface area contributed by atoms with Crippen LogP contribution in [0, 0.1) is 0 Å². The first-order chi connectivity index (χ1) is 14.4. The highest BCUT2D eigenvalue weighted by atomic mass is 32.1. The number of aryl methyl sites for hydroxylation is 1. The summed E-state index contributed by atoms with van der Waals surface area (Å²) < 4.78 is 0. The third-order valence-electron chi connectivity index (χ3n) is 4.86. The molecule has 1 saturated heterocycles. The molecule has 1 fully saturated rings. The predicted molar refractivity (Wildman–Crippen MR) is 115 cm³/mol. The molecule has 0 aliphatic carbocycles. The number of amides is 3. The Bertz CT molecular complexity index is 938. The number of carbonyl (C=O) groups is 3. The lowest BCUT2D eigenvalue weighted by molar-refractivity contribution is -0.136. The molecular weight excluding hydrogens is 408 g/mol. The van der Waals surface area contributed by atoms with Crippen LogP contribution in [0.5, 0.6) is 0 Å². The third kappa shape index (κ3) is 5.15. The van der Waals surface area contributed by atoms with E-state index in [9.17, 15) is 14.4 Å². The number of nitrogens with one attached hydrogen (secondary N) is 2. The molecule has 1 aliphatic rings. The van der Waals surface area contributed by atoms with Crippen molar-refractivity contribution in [3.05, 3.63) is 10.9 Å². The van der Waals surface area contributed by atoms with E-state index in [2.05, 4.69) is 38.5 Å². The average Bonchev–Trinajstić information content (AvgIpc) is 3.15. The first-order valence-electron chi connectivity index (χ1n) is 10.0. The first-order valence-corrected chi connectivity index (χ1v) is 10.8. The van der Waals surface area contributed by atoms with Crippen LogP contribution >= 0.6 is 11.3 Å². The Kier molecular flexibility index (Phi) is 7.03. The maximum atomic E-state index is 12.1. The minimum absolute atomic E-state index is 0.0165. The number of rotatable bonds is 7. The zero-order valence-electron chi connectivity index (χ0n) is 17.1. The quantitative estimate of drug-likeness (QED) is 0.607. The van der Waals surface area contributed by atoms with Crippen molar-refractivity contribution in [1.82, 2.24) is 20.2 Å². The number of thiophene rings is 1. The SMILES string of the molecule is CCC(=O)N1CCN(c2nc(NC(=O)NCCC(=O)O)nc3sc(CC)cc23)CC1. The van der Waals surface area contributed by atoms with E-state index in [1.807, 2.05) is 11.8 Å². The van der Waals surface area contributed by atoms with E-state index in [4.69, 9.17) is 5.11 Å². The zero-order valence-corrected chi connectivity index (χ0v) is 17.9. The van der Waals surface area contributed by atoms with Crippen LogP contribution in [0.4, 0.5) is 16.6 Å². The van der Waals surface area contributed by atoms with Gasteiger partial charge in [-0.3, -0.25) is 14.9 Å². The molecule has 3 rings (SSSR count). The van der Waals surface area contributed by atoms with Gasteiger partial charge in [0.05, 0.1) is 11.8 Å². The van der Waals surface area contributed by atoms with Gasteiger partial charge in [-0.1, -0.05) is 13.8 Å². The van der Waals surface area contributed by atoms with Gasteiger partial charge in [0.2, 0.25) is 11.9 Å². The van der Waals surface area contributed by atoms with Gasteiger partial charge in [-0.25, -0.2) is 9.78 Å². The molecule has 0 bridgehead atoms. The van der Waals surface area contributed by atoms with Gasteiger partial charge in [-0.05, 0) is 12.5 Å². The Labute approximate surface area is 178 Å². The number of carboxylic acids is 1. The van der Waals surface area contributed by atoms with Crippen LogP contribution in [0.3, 0.4) is 0 Å². The highest BCUT2D eigenvalue weighted by Gasteiger charge is 2.24. The second kappa shape index (κ2) is 9.70. The number of fused-ring (bicyclic) bond motifs is 1. The molecule has 30 heavy (non-hydrogen) atoms. The van der Waals surface area contributed by atoms with Crippen LogP contribution < -0.4 is 15.5 Å². The lowest BCUT2D eigenvalue weighted by atomic mass is 10.2. The maximum absolute atomic E-state index is 12.1. The van der Waals surface area contributed by atoms with Gasteiger partial charge in [0.25, 0.3) is 0 Å². The normalized spacial score (nSPS) is 14.1. The van der Waals surface area contributed by atoms with Crippen LogP contribution in [-0.4, -0.2) is 70.6 Å². The van der Waals surface area contributed by atoms with Crippen molar-refractivity contribution < 1.29 is 19.5 Å². The molecule has 3 amide bonds. The van der Waals surface area contributed by atoms with Crippen molar-refractivity contribution >= 4 is 51.2 Å². The summed E-state index contributed by atoms with van der Waals surface area (Å²) in [5, 5.41) is 14.7. The number of hydrogen-bond acceptors (Lipinski definition) is 7. The van der Waals surface area contributed by atoms with Crippen LogP contribution in [0.2, 0.25) is 0 Å². The molecule has 3 N–H and O–H groups in total. The second-order valence-corrected chi connectivity index (χ2v) is 8.02. The van der Waals surface area contributed by atoms with Crippen LogP contribution in [0.15, 0.2) is 6.07 Å². The topological polar surface area (TPSA) is 128 Å². The standard InChI is InChI=1S/C19H26N6O4S/c1-3-12-11-13-16(25-9-7-24(8-10-25)14(26)4-2)21-18(22-17(13)30-12)23-19(29)20-6-5-15(27)28/h11H,3-10H2,1-2H3,(H,27,28)(H2,20,21,22,23,29). The molecule has 2 aromatic heterocycles. The highest BCUT2D eigenvalue weighted by Crippen LogP contribution is 2.33. The van der Waals surface area contributed by atoms with Crippen molar-refractivity contribution in [2.75, 3.05) is 42.9 Å². The first kappa shape index (κ1) is 21.8. The minimum atomic E-state index is -0.985. The largest absolute Gasteiger partial charge is 0.481 e. The predicted octanol–water partition coefficient (Wildman–Crippen LogP) is 1.91. The number of aliphatic carboxylic acids is 1. The van der Waals surface area contributed by atoms with Crippen molar-refractivity contribution in [2.24, 2.45) is 0 Å². The fraction of sp³-hybridized carbons (Fsp3) is 0.526. The van der Waals surface area contributed by atoms with Gasteiger partial charge in [0.15, 0.2) is 0 Å². The highest BCUT2D eigenvalue weighted by molar-refractivity contribution is 7.18. The molecule has 0 aromatic carbocycles. The summed E-state index contributed by atoms with van der Waals surface area (Å²) in [4.78, 5) is 49.6. The van der Waals surface area contributed by atoms with Gasteiger partial charge in [0.1, 0.15) is 10.6 Å². The van der Waals surface area contributed by atoms with E-state index in [-0.39, 0.29) is 24.8 Å². The van der Waals surface area contributed by atoms with Gasteiger partial charge in [-0.2, -0.15) is 4.98 Å². The molecule has 162 valence electrons. The molecule has 11 heteroatoms. The average molecular weight is 435 g/mol. The van der Waals surface area contributed by atoms with Crippen molar-refractivity contribution in [3.8, 4) is 0 Å². The van der Waals surface area contributed by atoms with E-state index in [0.717, 1.165) is 22.5 Å². The molecule has 0 saturated carbocycles. The van der Waals surface area contributed by atoms with Crippen LogP contribution in [-0.2, 0) is 16.0 Å². The molecule has 0 atom stereocenters. The number of urea groups is 1. The molecular formula is C19H26N6O4S. The number of piperazine rings is 1. The smallest absolute Gasteiger partial charge is 0.321 e. The summed E-state index contributed by atoms with van der Waals surface area (Å²) in [7, 11) is 0. The van der Waals surface area contributed by atoms with Crippen LogP contribution in [0.25, 0.3) is 10.2 Å². The Hall–Kier alpha value is -2.95. The van der Waals surface area contributed by atoms with Crippen LogP contribution in [0.1, 0.15) is 31.6 Å². The summed E-state index contributed by atoms with van der Waals surface area (Å²) in [6, 6.07) is 1.53. The van der Waals surface area contributed by atoms with Gasteiger partial charge < -0.3 is 20.2 Å². The van der Waals surface area contributed by atoms with E-state index in [1.165, 1.54) is 4.88 Å². The Morgan fingerprint density at radius 1 is 1.17 bits per heavy atom. The summed E-state index contributed by atoms with van der Waals surface area (Å²) in [6.07, 6.45) is 1.20. The van der Waals surface area contributed by atoms with Gasteiger partial charge in [0, 0.05) is 44.0 Å². The van der Waals surface area contributed by atoms with E-state index in [0.29, 0.717) is 32.6 Å². The van der Waals surface area contributed by atoms with E-state index in [1.54, 1.807) is 11.3 Å². The zero-order chi connectivity index (χ0) is 21.7. The fourth-order valence-corrected chi connectivity index (χ4v) is 4.21. The molecule has 1 aliphatic heterocycles. The molecule has 2 aromatic rings. The number of anilines is 2. The Morgan fingerprint density at radius 3 is 2.53 bits per heavy atom. The van der Waals surface area contributed by atoms with Gasteiger partial charge in [-0.15, -0.1) is 11.3 Å². The molecule has 0 unspecified atom stereocenters. The van der Waals surface area contributed by atoms with Gasteiger partial charge >= 0.3 is 12.0 Å². The lowest BCUT2D eigenvalue weighted by Crippen LogP contribution is -2.49. The maximum Gasteiger partial charge on any atom is 0.321 e. The molecule has 10 nitrogen and oxygen atoms in total. The van der Waals surface area contributed by atoms with Crippen molar-refractivity contribution in [1.29, 1.82) is 0 Å². The monoisotopic (exact) mass is 434 g/mol. The van der Waals surface area contributed by atoms with Crippen molar-refractivity contribution in [3.63, 3.8) is 0 Å². The fourth-order valence-electron chi connectivity index (χ4n) is 3.25. The summed E-state index contributed by atoms with van der Waals surface area (Å²) >= 11 is 1.56.